The van der Waals surface area contributed by atoms with Crippen molar-refractivity contribution in [1.82, 2.24) is 14.0 Å². The summed E-state index contributed by atoms with van der Waals surface area (Å²) in [6.07, 6.45) is 4.54. The van der Waals surface area contributed by atoms with Gasteiger partial charge in [-0.05, 0) is 18.8 Å². The molecule has 1 aliphatic heterocycles. The average molecular weight is 446 g/mol. The molecule has 1 aromatic heterocycles. The number of ketones is 1. The van der Waals surface area contributed by atoms with Crippen molar-refractivity contribution < 1.29 is 23.9 Å². The molecule has 172 valence electrons. The molecule has 1 aliphatic carbocycles. The predicted octanol–water partition coefficient (Wildman–Crippen LogP) is -0.538. The van der Waals surface area contributed by atoms with Gasteiger partial charge in [-0.25, -0.2) is 4.79 Å². The van der Waals surface area contributed by atoms with Crippen LogP contribution in [0.5, 0.6) is 0 Å². The molecule has 2 heterocycles. The SMILES string of the molecule is CC(C)Cn1c(N)c(C(=O)COC(=O)CN2C(=O)C3CC=CCC3C2=O)c(=O)n(C)c1=O. The number of allylic oxidation sites excluding steroid dienone is 2. The number of aromatic nitrogens is 2. The quantitative estimate of drug-likeness (QED) is 0.254. The van der Waals surface area contributed by atoms with E-state index in [4.69, 9.17) is 10.5 Å². The largest absolute Gasteiger partial charge is 0.456 e. The number of hydrogen-bond acceptors (Lipinski definition) is 8. The molecule has 0 aromatic carbocycles. The monoisotopic (exact) mass is 446 g/mol. The van der Waals surface area contributed by atoms with E-state index in [-0.39, 0.29) is 18.3 Å². The van der Waals surface area contributed by atoms with E-state index >= 15 is 0 Å². The van der Waals surface area contributed by atoms with Gasteiger partial charge in [0.05, 0.1) is 11.8 Å². The number of anilines is 1. The van der Waals surface area contributed by atoms with Gasteiger partial charge in [-0.2, -0.15) is 0 Å². The Hall–Kier alpha value is -3.50. The summed E-state index contributed by atoms with van der Waals surface area (Å²) in [5.74, 6) is -3.96. The van der Waals surface area contributed by atoms with Crippen molar-refractivity contribution in [3.8, 4) is 0 Å². The summed E-state index contributed by atoms with van der Waals surface area (Å²) in [6.45, 7) is 2.44. The lowest BCUT2D eigenvalue weighted by atomic mass is 9.85. The van der Waals surface area contributed by atoms with Crippen LogP contribution in [0.3, 0.4) is 0 Å². The van der Waals surface area contributed by atoms with E-state index in [9.17, 15) is 28.8 Å². The van der Waals surface area contributed by atoms with Crippen molar-refractivity contribution >= 4 is 29.4 Å². The number of rotatable bonds is 7. The van der Waals surface area contributed by atoms with Gasteiger partial charge in [0.25, 0.3) is 5.56 Å². The Morgan fingerprint density at radius 1 is 1.09 bits per heavy atom. The Kier molecular flexibility index (Phi) is 6.47. The summed E-state index contributed by atoms with van der Waals surface area (Å²) < 4.78 is 6.82. The number of carbonyl (C=O) groups excluding carboxylic acids is 4. The number of nitrogens with zero attached hydrogens (tertiary/aromatic N) is 3. The van der Waals surface area contributed by atoms with Gasteiger partial charge in [0.2, 0.25) is 17.6 Å². The third-order valence-electron chi connectivity index (χ3n) is 5.66. The highest BCUT2D eigenvalue weighted by Crippen LogP contribution is 2.34. The van der Waals surface area contributed by atoms with E-state index in [0.29, 0.717) is 12.8 Å². The van der Waals surface area contributed by atoms with Crippen LogP contribution in [0.15, 0.2) is 21.7 Å². The number of esters is 1. The molecule has 1 saturated heterocycles. The summed E-state index contributed by atoms with van der Waals surface area (Å²) in [7, 11) is 1.22. The fourth-order valence-corrected chi connectivity index (χ4v) is 4.00. The number of likely N-dealkylation sites (tertiary alicyclic amines) is 1. The number of fused-ring (bicyclic) bond motifs is 1. The maximum atomic E-state index is 12.6. The van der Waals surface area contributed by atoms with Gasteiger partial charge >= 0.3 is 11.7 Å². The van der Waals surface area contributed by atoms with Gasteiger partial charge in [-0.1, -0.05) is 26.0 Å². The third-order valence-corrected chi connectivity index (χ3v) is 5.66. The fraction of sp³-hybridized carbons (Fsp3) is 0.524. The van der Waals surface area contributed by atoms with Gasteiger partial charge in [0.1, 0.15) is 17.9 Å². The maximum Gasteiger partial charge on any atom is 0.332 e. The first-order valence-corrected chi connectivity index (χ1v) is 10.3. The lowest BCUT2D eigenvalue weighted by Crippen LogP contribution is -2.44. The molecule has 0 radical (unpaired) electrons. The molecule has 3 rings (SSSR count). The van der Waals surface area contributed by atoms with Crippen molar-refractivity contribution in [2.75, 3.05) is 18.9 Å². The Morgan fingerprint density at radius 3 is 2.19 bits per heavy atom. The molecule has 11 heteroatoms. The zero-order valence-corrected chi connectivity index (χ0v) is 18.2. The summed E-state index contributed by atoms with van der Waals surface area (Å²) in [6, 6.07) is 0. The van der Waals surface area contributed by atoms with Gasteiger partial charge in [-0.3, -0.25) is 38.0 Å². The van der Waals surface area contributed by atoms with E-state index in [1.807, 2.05) is 26.0 Å². The first-order chi connectivity index (χ1) is 15.0. The molecule has 1 aromatic rings. The molecule has 2 atom stereocenters. The number of nitrogen functional groups attached to an aromatic ring is 1. The third kappa shape index (κ3) is 4.14. The molecule has 11 nitrogen and oxygen atoms in total. The number of ether oxygens (including phenoxy) is 1. The Balaban J connectivity index is 1.71. The minimum Gasteiger partial charge on any atom is -0.456 e. The topological polar surface area (TPSA) is 151 Å². The fourth-order valence-electron chi connectivity index (χ4n) is 4.00. The van der Waals surface area contributed by atoms with E-state index < -0.39 is 65.4 Å². The van der Waals surface area contributed by atoms with Gasteiger partial charge in [0, 0.05) is 13.6 Å². The highest BCUT2D eigenvalue weighted by atomic mass is 16.5. The normalized spacial score (nSPS) is 20.1. The van der Waals surface area contributed by atoms with Gasteiger partial charge in [-0.15, -0.1) is 0 Å². The molecule has 2 unspecified atom stereocenters. The minimum absolute atomic E-state index is 0.0164. The van der Waals surface area contributed by atoms with Crippen LogP contribution in [0.25, 0.3) is 0 Å². The van der Waals surface area contributed by atoms with Gasteiger partial charge in [0.15, 0.2) is 6.61 Å². The molecule has 2 amide bonds. The zero-order chi connectivity index (χ0) is 23.7. The van der Waals surface area contributed by atoms with Crippen LogP contribution in [0.1, 0.15) is 37.0 Å². The van der Waals surface area contributed by atoms with Crippen LogP contribution >= 0.6 is 0 Å². The number of Topliss-reactive ketones (excluding diaryl/α,β-unsaturated/α-hetero) is 1. The van der Waals surface area contributed by atoms with E-state index in [0.717, 1.165) is 14.0 Å². The van der Waals surface area contributed by atoms with Crippen molar-refractivity contribution in [2.24, 2.45) is 24.8 Å². The number of nitrogens with two attached hydrogens (primary N) is 1. The lowest BCUT2D eigenvalue weighted by Gasteiger charge is -2.16. The zero-order valence-electron chi connectivity index (χ0n) is 18.2. The highest BCUT2D eigenvalue weighted by molar-refractivity contribution is 6.07. The molecule has 2 aliphatic rings. The van der Waals surface area contributed by atoms with Crippen molar-refractivity contribution in [3.63, 3.8) is 0 Å². The molecule has 32 heavy (non-hydrogen) atoms. The molecule has 0 spiro atoms. The number of carbonyl (C=O) groups is 4. The molecule has 2 N–H and O–H groups in total. The van der Waals surface area contributed by atoms with E-state index in [2.05, 4.69) is 0 Å². The smallest absolute Gasteiger partial charge is 0.332 e. The second-order valence-corrected chi connectivity index (χ2v) is 8.41. The highest BCUT2D eigenvalue weighted by Gasteiger charge is 2.47. The molecular weight excluding hydrogens is 420 g/mol. The van der Waals surface area contributed by atoms with Crippen LogP contribution in [-0.4, -0.2) is 50.8 Å². The van der Waals surface area contributed by atoms with Crippen molar-refractivity contribution in [2.45, 2.75) is 33.2 Å². The first kappa shape index (κ1) is 23.2. The first-order valence-electron chi connectivity index (χ1n) is 10.3. The number of hydrogen-bond donors (Lipinski definition) is 1. The Bertz CT molecular complexity index is 1100. The van der Waals surface area contributed by atoms with E-state index in [1.165, 1.54) is 7.05 Å². The summed E-state index contributed by atoms with van der Waals surface area (Å²) in [5.41, 5.74) is 3.93. The van der Waals surface area contributed by atoms with Crippen LogP contribution < -0.4 is 17.0 Å². The second kappa shape index (κ2) is 8.93. The summed E-state index contributed by atoms with van der Waals surface area (Å²) >= 11 is 0. The Morgan fingerprint density at radius 2 is 1.66 bits per heavy atom. The maximum absolute atomic E-state index is 12.6. The van der Waals surface area contributed by atoms with E-state index in [1.54, 1.807) is 0 Å². The Labute approximate surface area is 183 Å². The predicted molar refractivity (Wildman–Crippen MR) is 113 cm³/mol. The molecular formula is C21H26N4O7. The van der Waals surface area contributed by atoms with Gasteiger partial charge < -0.3 is 10.5 Å². The standard InChI is InChI=1S/C21H26N4O7/c1-11(2)8-24-17(22)16(20(30)23(3)21(24)31)14(26)10-32-15(27)9-25-18(28)12-6-4-5-7-13(12)19(25)29/h4-5,11-13H,6-10,22H2,1-3H3. The number of amides is 2. The minimum atomic E-state index is -0.961. The average Bonchev–Trinajstić information content (AvgIpc) is 2.99. The lowest BCUT2D eigenvalue weighted by molar-refractivity contribution is -0.152. The van der Waals surface area contributed by atoms with Crippen LogP contribution in [-0.2, 0) is 32.7 Å². The molecule has 0 bridgehead atoms. The van der Waals surface area contributed by atoms with Crippen LogP contribution in [0.2, 0.25) is 0 Å². The summed E-state index contributed by atoms with van der Waals surface area (Å²) in [5, 5.41) is 0. The van der Waals surface area contributed by atoms with Crippen molar-refractivity contribution in [1.29, 1.82) is 0 Å². The molecule has 1 fully saturated rings. The van der Waals surface area contributed by atoms with Crippen molar-refractivity contribution in [3.05, 3.63) is 38.6 Å². The summed E-state index contributed by atoms with van der Waals surface area (Å²) in [4.78, 5) is 75.3. The second-order valence-electron chi connectivity index (χ2n) is 8.41. The molecule has 0 saturated carbocycles. The van der Waals surface area contributed by atoms with Crippen LogP contribution in [0, 0.1) is 17.8 Å². The number of imide groups is 1. The van der Waals surface area contributed by atoms with Crippen LogP contribution in [0.4, 0.5) is 5.82 Å².